The van der Waals surface area contributed by atoms with E-state index in [-0.39, 0.29) is 0 Å². The van der Waals surface area contributed by atoms with Crippen molar-refractivity contribution in [3.63, 3.8) is 0 Å². The molecule has 0 spiro atoms. The lowest BCUT2D eigenvalue weighted by molar-refractivity contribution is 1.17. The maximum absolute atomic E-state index is 5.11. The summed E-state index contributed by atoms with van der Waals surface area (Å²) in [7, 11) is 0. The Bertz CT molecular complexity index is 6510. The van der Waals surface area contributed by atoms with Crippen molar-refractivity contribution >= 4 is 0 Å². The monoisotopic (exact) mass is 1540 g/mol. The van der Waals surface area contributed by atoms with Gasteiger partial charge < -0.3 is 0 Å². The maximum Gasteiger partial charge on any atom is 0.160 e. The summed E-state index contributed by atoms with van der Waals surface area (Å²) in [6.07, 6.45) is 7.29. The molecule has 10 aromatic carbocycles. The molecule has 0 N–H and O–H groups in total. The molecule has 10 aromatic heterocycles. The van der Waals surface area contributed by atoms with Crippen LogP contribution in [0.3, 0.4) is 0 Å². The topological polar surface area (TPSA) is 180 Å². The first-order valence-electron chi connectivity index (χ1n) is 39.4. The second-order valence-corrected chi connectivity index (χ2v) is 28.5. The van der Waals surface area contributed by atoms with Gasteiger partial charge in [0.25, 0.3) is 0 Å². The van der Waals surface area contributed by atoms with E-state index in [1.54, 1.807) is 12.4 Å². The highest BCUT2D eigenvalue weighted by molar-refractivity contribution is 5.83. The second kappa shape index (κ2) is 34.2. The summed E-state index contributed by atoms with van der Waals surface area (Å²) in [5, 5.41) is 0. The van der Waals surface area contributed by atoms with Crippen LogP contribution in [0.2, 0.25) is 0 Å². The zero-order chi connectivity index (χ0) is 80.2. The molecule has 120 heavy (non-hydrogen) atoms. The highest BCUT2D eigenvalue weighted by Crippen LogP contribution is 2.38. The maximum atomic E-state index is 5.11. The number of pyridine rings is 6. The molecular weight excluding hydrogens is 1470 g/mol. The molecule has 0 aliphatic carbocycles. The van der Waals surface area contributed by atoms with E-state index in [0.717, 1.165) is 180 Å². The van der Waals surface area contributed by atoms with Crippen molar-refractivity contribution in [1.82, 2.24) is 69.8 Å². The molecule has 0 aliphatic rings. The van der Waals surface area contributed by atoms with Gasteiger partial charge in [0.2, 0.25) is 0 Å². The van der Waals surface area contributed by atoms with Crippen molar-refractivity contribution in [3.8, 4) is 203 Å². The largest absolute Gasteiger partial charge is 0.255 e. The molecular formula is C106H70N14. The Kier molecular flexibility index (Phi) is 21.0. The standard InChI is InChI=1S/2C53H35N7/c1-5-16-36(17-6-1)46-33-47(37-18-7-2-8-19-37)59-53(58-46)41-25-15-24-40(30-41)43-31-50(44-26-13-14-29-54-44)56-51(32-43)45-28-27-42(35-55-45)49-34-48(38-20-9-3-10-21-38)57-52(60-49)39-22-11-4-12-23-39;1-5-15-37(16-6-1)46-33-47(38-17-7-2-8-18-38)59-53(58-46)41-26-24-36(25-27-41)43-31-50(44-23-13-14-30-54-44)56-51(32-43)45-29-28-42(35-55-45)49-34-48(39-19-9-3-10-20-39)57-52(60-49)40-21-11-4-12-22-40/h2*1-35H. The lowest BCUT2D eigenvalue weighted by Gasteiger charge is -2.12. The molecule has 0 atom stereocenters. The quantitative estimate of drug-likeness (QED) is 0.0791. The van der Waals surface area contributed by atoms with Crippen molar-refractivity contribution in [2.24, 2.45) is 0 Å². The highest BCUT2D eigenvalue weighted by Gasteiger charge is 2.20. The van der Waals surface area contributed by atoms with Gasteiger partial charge in [-0.05, 0) is 125 Å². The van der Waals surface area contributed by atoms with Crippen LogP contribution in [-0.4, -0.2) is 69.8 Å². The number of hydrogen-bond acceptors (Lipinski definition) is 14. The molecule has 20 rings (SSSR count). The fourth-order valence-corrected chi connectivity index (χ4v) is 14.3. The molecule has 14 heteroatoms. The van der Waals surface area contributed by atoms with E-state index in [1.807, 2.05) is 261 Å². The van der Waals surface area contributed by atoms with Gasteiger partial charge in [0, 0.05) is 91.5 Å². The number of nitrogens with zero attached hydrogens (tertiary/aromatic N) is 14. The molecule has 20 aromatic rings. The van der Waals surface area contributed by atoms with Gasteiger partial charge in [0.1, 0.15) is 0 Å². The van der Waals surface area contributed by atoms with Crippen LogP contribution in [0.25, 0.3) is 203 Å². The van der Waals surface area contributed by atoms with E-state index in [2.05, 4.69) is 162 Å². The van der Waals surface area contributed by atoms with E-state index in [0.29, 0.717) is 23.3 Å². The third-order valence-electron chi connectivity index (χ3n) is 20.5. The van der Waals surface area contributed by atoms with Crippen LogP contribution in [0, 0.1) is 0 Å². The zero-order valence-electron chi connectivity index (χ0n) is 64.7. The van der Waals surface area contributed by atoms with Gasteiger partial charge in [-0.15, -0.1) is 0 Å². The predicted octanol–water partition coefficient (Wildman–Crippen LogP) is 24.9. The van der Waals surface area contributed by atoms with Crippen molar-refractivity contribution in [3.05, 3.63) is 425 Å². The minimum atomic E-state index is 0.643. The molecule has 0 aliphatic heterocycles. The van der Waals surface area contributed by atoms with Crippen molar-refractivity contribution in [1.29, 1.82) is 0 Å². The van der Waals surface area contributed by atoms with Gasteiger partial charge in [-0.25, -0.2) is 49.8 Å². The van der Waals surface area contributed by atoms with Gasteiger partial charge in [-0.1, -0.05) is 297 Å². The third-order valence-corrected chi connectivity index (χ3v) is 20.5. The molecule has 0 bridgehead atoms. The van der Waals surface area contributed by atoms with Crippen molar-refractivity contribution < 1.29 is 0 Å². The Labute approximate surface area is 694 Å². The highest BCUT2D eigenvalue weighted by atomic mass is 14.9. The molecule has 0 amide bonds. The number of aromatic nitrogens is 14. The van der Waals surface area contributed by atoms with Crippen LogP contribution < -0.4 is 0 Å². The van der Waals surface area contributed by atoms with Crippen LogP contribution in [0.5, 0.6) is 0 Å². The summed E-state index contributed by atoms with van der Waals surface area (Å²) in [5.74, 6) is 2.61. The lowest BCUT2D eigenvalue weighted by atomic mass is 10.00. The first-order chi connectivity index (χ1) is 59.4. The van der Waals surface area contributed by atoms with Gasteiger partial charge in [-0.2, -0.15) is 0 Å². The van der Waals surface area contributed by atoms with E-state index >= 15 is 0 Å². The zero-order valence-corrected chi connectivity index (χ0v) is 64.7. The smallest absolute Gasteiger partial charge is 0.160 e. The van der Waals surface area contributed by atoms with Crippen LogP contribution >= 0.6 is 0 Å². The number of hydrogen-bond donors (Lipinski definition) is 0. The van der Waals surface area contributed by atoms with Gasteiger partial charge in [0.05, 0.1) is 91.1 Å². The Morgan fingerprint density at radius 2 is 0.342 bits per heavy atom. The third kappa shape index (κ3) is 16.7. The average Bonchev–Trinajstić information content (AvgIpc) is 0.804. The van der Waals surface area contributed by atoms with Crippen LogP contribution in [-0.2, 0) is 0 Å². The first-order valence-corrected chi connectivity index (χ1v) is 39.4. The number of rotatable bonds is 18. The van der Waals surface area contributed by atoms with Crippen molar-refractivity contribution in [2.75, 3.05) is 0 Å². The number of benzene rings is 10. The van der Waals surface area contributed by atoms with Crippen LogP contribution in [0.4, 0.5) is 0 Å². The molecule has 14 nitrogen and oxygen atoms in total. The fourth-order valence-electron chi connectivity index (χ4n) is 14.3. The van der Waals surface area contributed by atoms with Gasteiger partial charge >= 0.3 is 0 Å². The lowest BCUT2D eigenvalue weighted by Crippen LogP contribution is -1.97. The normalized spacial score (nSPS) is 11.0. The molecule has 564 valence electrons. The molecule has 0 saturated carbocycles. The van der Waals surface area contributed by atoms with Crippen molar-refractivity contribution in [2.45, 2.75) is 0 Å². The van der Waals surface area contributed by atoms with E-state index in [4.69, 9.17) is 59.8 Å². The van der Waals surface area contributed by atoms with Crippen LogP contribution in [0.15, 0.2) is 425 Å². The average molecular weight is 1540 g/mol. The summed E-state index contributed by atoms with van der Waals surface area (Å²) >= 11 is 0. The van der Waals surface area contributed by atoms with E-state index < -0.39 is 0 Å². The second-order valence-electron chi connectivity index (χ2n) is 28.5. The van der Waals surface area contributed by atoms with Gasteiger partial charge in [0.15, 0.2) is 23.3 Å². The van der Waals surface area contributed by atoms with E-state index in [9.17, 15) is 0 Å². The van der Waals surface area contributed by atoms with Crippen LogP contribution in [0.1, 0.15) is 0 Å². The SMILES string of the molecule is c1ccc(-c2cc(-c3ccc(-c4cc(-c5cccc(-c6nc(-c7ccccc7)cc(-c7ccccc7)n6)c5)cc(-c5ccccn5)n4)nc3)nc(-c3ccccc3)n2)cc1.c1ccc(-c2cc(-c3ccccc3)nc(-c3ccc(-c4cc(-c5ccccn5)nc(-c5ccc(-c6cc(-c7ccccc7)nc(-c7ccccc7)n6)cn5)c4)cc3)n2)cc1. The summed E-state index contributed by atoms with van der Waals surface area (Å²) in [5.41, 5.74) is 28.2. The molecule has 0 radical (unpaired) electrons. The Morgan fingerprint density at radius 3 is 0.633 bits per heavy atom. The molecule has 10 heterocycles. The summed E-state index contributed by atoms with van der Waals surface area (Å²) in [6, 6.07) is 134. The van der Waals surface area contributed by atoms with Gasteiger partial charge in [-0.3, -0.25) is 19.9 Å². The fraction of sp³-hybridized carbons (Fsp3) is 0. The Balaban J connectivity index is 0.000000159. The molecule has 0 unspecified atom stereocenters. The van der Waals surface area contributed by atoms with E-state index in [1.165, 1.54) is 0 Å². The Hall–Kier alpha value is -16.6. The Morgan fingerprint density at radius 1 is 0.108 bits per heavy atom. The first kappa shape index (κ1) is 73.6. The minimum absolute atomic E-state index is 0.643. The minimum Gasteiger partial charge on any atom is -0.255 e. The summed E-state index contributed by atoms with van der Waals surface area (Å²) in [6.45, 7) is 0. The predicted molar refractivity (Wildman–Crippen MR) is 480 cm³/mol. The molecule has 0 fully saturated rings. The summed E-state index contributed by atoms with van der Waals surface area (Å²) < 4.78 is 0. The summed E-state index contributed by atoms with van der Waals surface area (Å²) in [4.78, 5) is 69.6. The molecule has 0 saturated heterocycles.